The molecular weight excluding hydrogens is 573 g/mol. The van der Waals surface area contributed by atoms with E-state index in [0.29, 0.717) is 48.8 Å². The summed E-state index contributed by atoms with van der Waals surface area (Å²) in [7, 11) is 0. The van der Waals surface area contributed by atoms with Crippen LogP contribution < -0.4 is 14.5 Å². The Balaban J connectivity index is 1.28. The lowest BCUT2D eigenvalue weighted by Crippen LogP contribution is -2.55. The number of likely N-dealkylation sites (tertiary alicyclic amines) is 1. The summed E-state index contributed by atoms with van der Waals surface area (Å²) in [6.07, 6.45) is 7.17. The minimum Gasteiger partial charge on any atom is -0.463 e. The number of nitriles is 1. The fourth-order valence-electron chi connectivity index (χ4n) is 6.55. The predicted molar refractivity (Wildman–Crippen MR) is 164 cm³/mol. The molecule has 0 radical (unpaired) electrons. The highest BCUT2D eigenvalue weighted by Crippen LogP contribution is 2.47. The highest BCUT2D eigenvalue weighted by molar-refractivity contribution is 6.43. The van der Waals surface area contributed by atoms with Gasteiger partial charge in [0.2, 0.25) is 5.91 Å². The first-order valence-electron chi connectivity index (χ1n) is 14.9. The Morgan fingerprint density at radius 3 is 2.69 bits per heavy atom. The number of rotatable bonds is 9. The van der Waals surface area contributed by atoms with Gasteiger partial charge in [0, 0.05) is 43.7 Å². The minimum atomic E-state index is -0.246. The number of hydrogen-bond donors (Lipinski definition) is 0. The van der Waals surface area contributed by atoms with E-state index in [1.165, 1.54) is 32.0 Å². The van der Waals surface area contributed by atoms with E-state index in [2.05, 4.69) is 27.3 Å². The number of aromatic nitrogens is 2. The van der Waals surface area contributed by atoms with E-state index < -0.39 is 0 Å². The number of piperazine rings is 1. The van der Waals surface area contributed by atoms with Crippen LogP contribution in [-0.4, -0.2) is 84.1 Å². The van der Waals surface area contributed by atoms with Gasteiger partial charge >= 0.3 is 6.01 Å². The van der Waals surface area contributed by atoms with Crippen LogP contribution >= 0.6 is 23.2 Å². The van der Waals surface area contributed by atoms with Crippen molar-refractivity contribution in [3.63, 3.8) is 0 Å². The summed E-state index contributed by atoms with van der Waals surface area (Å²) in [5.41, 5.74) is 3.04. The first kappa shape index (κ1) is 29.0. The molecule has 4 heterocycles. The molecule has 6 rings (SSSR count). The van der Waals surface area contributed by atoms with E-state index >= 15 is 0 Å². The van der Waals surface area contributed by atoms with Gasteiger partial charge in [0.1, 0.15) is 5.82 Å². The van der Waals surface area contributed by atoms with Crippen molar-refractivity contribution in [2.75, 3.05) is 62.2 Å². The average molecular weight is 611 g/mol. The maximum Gasteiger partial charge on any atom is 0.318 e. The molecule has 1 atom stereocenters. The maximum atomic E-state index is 12.5. The largest absolute Gasteiger partial charge is 0.463 e. The van der Waals surface area contributed by atoms with Gasteiger partial charge in [-0.25, -0.2) is 0 Å². The zero-order chi connectivity index (χ0) is 29.3. The second-order valence-corrected chi connectivity index (χ2v) is 12.8. The highest BCUT2D eigenvalue weighted by atomic mass is 35.5. The summed E-state index contributed by atoms with van der Waals surface area (Å²) in [5.74, 6) is 0.690. The molecule has 42 heavy (non-hydrogen) atoms. The van der Waals surface area contributed by atoms with Gasteiger partial charge in [-0.1, -0.05) is 35.8 Å². The number of hydrogen-bond acceptors (Lipinski definition) is 8. The van der Waals surface area contributed by atoms with E-state index in [9.17, 15) is 10.1 Å². The van der Waals surface area contributed by atoms with Crippen LogP contribution in [0.3, 0.4) is 0 Å². The highest BCUT2D eigenvalue weighted by Gasteiger charge is 2.45. The Morgan fingerprint density at radius 1 is 1.14 bits per heavy atom. The second kappa shape index (κ2) is 12.3. The van der Waals surface area contributed by atoms with E-state index in [1.807, 2.05) is 12.1 Å². The standard InChI is InChI=1S/C31H37Cl2N7O2/c1-2-27(41)40-17-16-39(18-22(40)8-12-34)29-23-9-15-38(26-7-5-6-24(32)28(26)33)19-25(23)35-30(36-29)42-21-31(10-11-31)20-37-13-3-4-14-37/h2,5-7,22H,1,3-4,8-11,13-21H2/t22-/m0/s1. The maximum absolute atomic E-state index is 12.5. The van der Waals surface area contributed by atoms with Gasteiger partial charge in [-0.05, 0) is 63.4 Å². The third kappa shape index (κ3) is 6.03. The third-order valence-corrected chi connectivity index (χ3v) is 9.89. The Morgan fingerprint density at radius 2 is 1.95 bits per heavy atom. The van der Waals surface area contributed by atoms with Crippen molar-refractivity contribution < 1.29 is 9.53 Å². The Kier molecular flexibility index (Phi) is 8.49. The van der Waals surface area contributed by atoms with Gasteiger partial charge in [0.05, 0.1) is 53.1 Å². The van der Waals surface area contributed by atoms with Crippen LogP contribution in [0.15, 0.2) is 30.9 Å². The van der Waals surface area contributed by atoms with E-state index in [0.717, 1.165) is 55.1 Å². The van der Waals surface area contributed by atoms with E-state index in [4.69, 9.17) is 37.9 Å². The molecule has 3 fully saturated rings. The molecule has 2 aromatic rings. The first-order valence-corrected chi connectivity index (χ1v) is 15.6. The van der Waals surface area contributed by atoms with Gasteiger partial charge < -0.3 is 24.3 Å². The molecule has 0 bridgehead atoms. The number of ether oxygens (including phenoxy) is 1. The molecule has 0 spiro atoms. The molecule has 4 aliphatic rings. The van der Waals surface area contributed by atoms with Gasteiger partial charge in [-0.2, -0.15) is 15.2 Å². The quantitative estimate of drug-likeness (QED) is 0.377. The van der Waals surface area contributed by atoms with Crippen LogP contribution in [0.4, 0.5) is 11.5 Å². The molecule has 2 saturated heterocycles. The molecule has 3 aliphatic heterocycles. The zero-order valence-electron chi connectivity index (χ0n) is 23.9. The lowest BCUT2D eigenvalue weighted by Gasteiger charge is -2.42. The topological polar surface area (TPSA) is 88.8 Å². The minimum absolute atomic E-state index is 0.148. The molecular formula is C31H37Cl2N7O2. The predicted octanol–water partition coefficient (Wildman–Crippen LogP) is 4.72. The molecule has 9 nitrogen and oxygen atoms in total. The molecule has 1 aromatic carbocycles. The van der Waals surface area contributed by atoms with Crippen molar-refractivity contribution in [3.05, 3.63) is 52.2 Å². The molecule has 11 heteroatoms. The lowest BCUT2D eigenvalue weighted by atomic mass is 10.0. The van der Waals surface area contributed by atoms with E-state index in [-0.39, 0.29) is 23.8 Å². The molecule has 1 saturated carbocycles. The molecule has 1 aliphatic carbocycles. The number of nitrogens with zero attached hydrogens (tertiary/aromatic N) is 7. The number of halogens is 2. The van der Waals surface area contributed by atoms with Gasteiger partial charge in [-0.3, -0.25) is 4.79 Å². The SMILES string of the molecule is C=CC(=O)N1CCN(c2nc(OCC3(CN4CCCC4)CC3)nc3c2CCN(c2cccc(Cl)c2Cl)C3)C[C@@H]1CC#N. The number of anilines is 2. The van der Waals surface area contributed by atoms with Crippen molar-refractivity contribution in [3.8, 4) is 12.1 Å². The van der Waals surface area contributed by atoms with Crippen molar-refractivity contribution in [2.45, 2.75) is 51.1 Å². The first-order chi connectivity index (χ1) is 20.4. The fourth-order valence-corrected chi connectivity index (χ4v) is 6.96. The number of carbonyl (C=O) groups is 1. The fraction of sp³-hybridized carbons (Fsp3) is 0.548. The van der Waals surface area contributed by atoms with Gasteiger partial charge in [0.25, 0.3) is 0 Å². The molecule has 1 amide bonds. The number of amides is 1. The monoisotopic (exact) mass is 609 g/mol. The van der Waals surface area contributed by atoms with Gasteiger partial charge in [0.15, 0.2) is 0 Å². The normalized spacial score (nSPS) is 21.5. The van der Waals surface area contributed by atoms with Crippen LogP contribution in [0.5, 0.6) is 6.01 Å². The average Bonchev–Trinajstić information content (AvgIpc) is 3.58. The van der Waals surface area contributed by atoms with Crippen LogP contribution in [0.25, 0.3) is 0 Å². The van der Waals surface area contributed by atoms with E-state index in [1.54, 1.807) is 11.0 Å². The summed E-state index contributed by atoms with van der Waals surface area (Å²) < 4.78 is 6.40. The Labute approximate surface area is 257 Å². The summed E-state index contributed by atoms with van der Waals surface area (Å²) in [6.45, 7) is 10.6. The Hall–Kier alpha value is -3.06. The summed E-state index contributed by atoms with van der Waals surface area (Å²) in [6, 6.07) is 8.08. The van der Waals surface area contributed by atoms with Crippen molar-refractivity contribution in [2.24, 2.45) is 5.41 Å². The summed E-state index contributed by atoms with van der Waals surface area (Å²) in [5, 5.41) is 10.6. The lowest BCUT2D eigenvalue weighted by molar-refractivity contribution is -0.128. The molecule has 1 aromatic heterocycles. The number of fused-ring (bicyclic) bond motifs is 1. The Bertz CT molecular complexity index is 1390. The van der Waals surface area contributed by atoms with Crippen LogP contribution in [0.2, 0.25) is 10.0 Å². The molecule has 0 unspecified atom stereocenters. The smallest absolute Gasteiger partial charge is 0.318 e. The second-order valence-electron chi connectivity index (χ2n) is 12.0. The summed E-state index contributed by atoms with van der Waals surface area (Å²) >= 11 is 13.0. The van der Waals surface area contributed by atoms with Gasteiger partial charge in [-0.15, -0.1) is 0 Å². The molecule has 0 N–H and O–H groups in total. The van der Waals surface area contributed by atoms with Crippen LogP contribution in [0.1, 0.15) is 43.4 Å². The number of carbonyl (C=O) groups excluding carboxylic acids is 1. The third-order valence-electron chi connectivity index (χ3n) is 9.08. The van der Waals surface area contributed by atoms with Crippen molar-refractivity contribution in [1.82, 2.24) is 19.8 Å². The number of benzene rings is 1. The molecule has 222 valence electrons. The summed E-state index contributed by atoms with van der Waals surface area (Å²) in [4.78, 5) is 31.2. The van der Waals surface area contributed by atoms with Crippen LogP contribution in [-0.2, 0) is 17.8 Å². The van der Waals surface area contributed by atoms with Crippen molar-refractivity contribution in [1.29, 1.82) is 5.26 Å². The zero-order valence-corrected chi connectivity index (χ0v) is 25.4. The van der Waals surface area contributed by atoms with Crippen molar-refractivity contribution >= 4 is 40.6 Å². The van der Waals surface area contributed by atoms with Crippen LogP contribution in [0, 0.1) is 16.7 Å².